The molecule has 8 heavy (non-hydrogen) atoms. The SMILES string of the molecule is O=CNN1CC=CN1. The minimum absolute atomic E-state index is 0.625. The normalized spacial score (nSPS) is 18.0. The van der Waals surface area contributed by atoms with Gasteiger partial charge in [-0.2, -0.15) is 0 Å². The zero-order valence-corrected chi connectivity index (χ0v) is 4.29. The van der Waals surface area contributed by atoms with Gasteiger partial charge in [0.05, 0.1) is 6.54 Å². The number of amides is 1. The number of rotatable bonds is 2. The van der Waals surface area contributed by atoms with Gasteiger partial charge in [0.1, 0.15) is 0 Å². The molecule has 44 valence electrons. The van der Waals surface area contributed by atoms with E-state index in [0.29, 0.717) is 6.41 Å². The Kier molecular flexibility index (Phi) is 1.48. The summed E-state index contributed by atoms with van der Waals surface area (Å²) in [5.41, 5.74) is 5.19. The number of hydrazine groups is 2. The fourth-order valence-corrected chi connectivity index (χ4v) is 0.507. The van der Waals surface area contributed by atoms with Crippen LogP contribution in [0.3, 0.4) is 0 Å². The van der Waals surface area contributed by atoms with Crippen molar-refractivity contribution in [1.29, 1.82) is 0 Å². The number of carbonyl (C=O) groups is 1. The quantitative estimate of drug-likeness (QED) is 0.450. The first kappa shape index (κ1) is 5.11. The third kappa shape index (κ3) is 0.974. The Bertz CT molecular complexity index is 104. The monoisotopic (exact) mass is 113 g/mol. The van der Waals surface area contributed by atoms with E-state index in [1.807, 2.05) is 6.08 Å². The Morgan fingerprint density at radius 3 is 3.25 bits per heavy atom. The van der Waals surface area contributed by atoms with Crippen LogP contribution >= 0.6 is 0 Å². The average Bonchev–Trinajstić information content (AvgIpc) is 2.19. The highest BCUT2D eigenvalue weighted by molar-refractivity contribution is 5.45. The van der Waals surface area contributed by atoms with E-state index < -0.39 is 0 Å². The molecule has 0 unspecified atom stereocenters. The summed E-state index contributed by atoms with van der Waals surface area (Å²) in [6.07, 6.45) is 4.28. The highest BCUT2D eigenvalue weighted by Crippen LogP contribution is 1.83. The summed E-state index contributed by atoms with van der Waals surface area (Å²) in [5, 5.41) is 1.56. The largest absolute Gasteiger partial charge is 0.309 e. The van der Waals surface area contributed by atoms with Gasteiger partial charge in [0, 0.05) is 6.20 Å². The van der Waals surface area contributed by atoms with Crippen LogP contribution < -0.4 is 10.9 Å². The Balaban J connectivity index is 2.19. The molecule has 0 aliphatic carbocycles. The van der Waals surface area contributed by atoms with E-state index in [2.05, 4.69) is 10.9 Å². The average molecular weight is 113 g/mol. The Morgan fingerprint density at radius 1 is 1.88 bits per heavy atom. The van der Waals surface area contributed by atoms with Gasteiger partial charge in [-0.1, -0.05) is 0 Å². The van der Waals surface area contributed by atoms with Crippen LogP contribution in [0.15, 0.2) is 12.3 Å². The lowest BCUT2D eigenvalue weighted by atomic mass is 10.7. The molecule has 2 N–H and O–H groups in total. The molecule has 4 heteroatoms. The topological polar surface area (TPSA) is 44.4 Å². The summed E-state index contributed by atoms with van der Waals surface area (Å²) >= 11 is 0. The first-order chi connectivity index (χ1) is 3.93. The molecule has 0 aromatic carbocycles. The minimum atomic E-state index is 0.625. The number of nitrogens with zero attached hydrogens (tertiary/aromatic N) is 1. The molecule has 1 aliphatic heterocycles. The van der Waals surface area contributed by atoms with Gasteiger partial charge in [-0.05, 0) is 6.08 Å². The molecule has 0 radical (unpaired) electrons. The lowest BCUT2D eigenvalue weighted by Crippen LogP contribution is -2.41. The number of hydrogen-bond donors (Lipinski definition) is 2. The molecule has 4 nitrogen and oxygen atoms in total. The van der Waals surface area contributed by atoms with E-state index in [9.17, 15) is 4.79 Å². The lowest BCUT2D eigenvalue weighted by Gasteiger charge is -2.11. The van der Waals surface area contributed by atoms with Crippen LogP contribution in [0.4, 0.5) is 0 Å². The molecule has 0 bridgehead atoms. The van der Waals surface area contributed by atoms with Crippen molar-refractivity contribution in [2.24, 2.45) is 0 Å². The van der Waals surface area contributed by atoms with Gasteiger partial charge in [-0.15, -0.1) is 5.12 Å². The smallest absolute Gasteiger partial charge is 0.222 e. The second-order valence-corrected chi connectivity index (χ2v) is 1.39. The van der Waals surface area contributed by atoms with Crippen LogP contribution in [0.2, 0.25) is 0 Å². The first-order valence-corrected chi connectivity index (χ1v) is 2.32. The maximum Gasteiger partial charge on any atom is 0.222 e. The van der Waals surface area contributed by atoms with Gasteiger partial charge in [0.25, 0.3) is 0 Å². The Morgan fingerprint density at radius 2 is 2.75 bits per heavy atom. The summed E-state index contributed by atoms with van der Waals surface area (Å²) in [7, 11) is 0. The Labute approximate surface area is 47.1 Å². The van der Waals surface area contributed by atoms with Crippen molar-refractivity contribution in [3.8, 4) is 0 Å². The molecule has 0 aromatic rings. The number of hydrogen-bond acceptors (Lipinski definition) is 3. The van der Waals surface area contributed by atoms with Gasteiger partial charge >= 0.3 is 0 Å². The molecule has 0 saturated carbocycles. The molecule has 0 fully saturated rings. The lowest BCUT2D eigenvalue weighted by molar-refractivity contribution is -0.114. The summed E-state index contributed by atoms with van der Waals surface area (Å²) in [4.78, 5) is 9.74. The molecule has 1 rings (SSSR count). The third-order valence-electron chi connectivity index (χ3n) is 0.845. The van der Waals surface area contributed by atoms with E-state index >= 15 is 0 Å². The van der Waals surface area contributed by atoms with Crippen molar-refractivity contribution in [3.05, 3.63) is 12.3 Å². The van der Waals surface area contributed by atoms with Crippen LogP contribution in [-0.4, -0.2) is 18.1 Å². The molecule has 0 spiro atoms. The summed E-state index contributed by atoms with van der Waals surface area (Å²) in [5.74, 6) is 0. The fourth-order valence-electron chi connectivity index (χ4n) is 0.507. The number of nitrogens with one attached hydrogen (secondary N) is 2. The second kappa shape index (κ2) is 2.32. The molecular formula is C4H7N3O. The fraction of sp³-hybridized carbons (Fsp3) is 0.250. The third-order valence-corrected chi connectivity index (χ3v) is 0.845. The van der Waals surface area contributed by atoms with Crippen molar-refractivity contribution < 1.29 is 4.79 Å². The molecule has 0 aromatic heterocycles. The molecular weight excluding hydrogens is 106 g/mol. The Hall–Kier alpha value is -1.03. The van der Waals surface area contributed by atoms with E-state index in [-0.39, 0.29) is 0 Å². The van der Waals surface area contributed by atoms with Crippen molar-refractivity contribution in [1.82, 2.24) is 16.0 Å². The van der Waals surface area contributed by atoms with Crippen molar-refractivity contribution in [2.75, 3.05) is 6.54 Å². The van der Waals surface area contributed by atoms with Gasteiger partial charge < -0.3 is 5.43 Å². The van der Waals surface area contributed by atoms with E-state index in [0.717, 1.165) is 6.54 Å². The molecule has 0 atom stereocenters. The first-order valence-electron chi connectivity index (χ1n) is 2.32. The van der Waals surface area contributed by atoms with E-state index in [4.69, 9.17) is 0 Å². The van der Waals surface area contributed by atoms with Crippen LogP contribution in [0.5, 0.6) is 0 Å². The van der Waals surface area contributed by atoms with E-state index in [1.54, 1.807) is 11.3 Å². The van der Waals surface area contributed by atoms with Crippen molar-refractivity contribution in [3.63, 3.8) is 0 Å². The summed E-state index contributed by atoms with van der Waals surface area (Å²) < 4.78 is 0. The van der Waals surface area contributed by atoms with Gasteiger partial charge in [0.15, 0.2) is 0 Å². The van der Waals surface area contributed by atoms with Crippen molar-refractivity contribution in [2.45, 2.75) is 0 Å². The van der Waals surface area contributed by atoms with Gasteiger partial charge in [0.2, 0.25) is 6.41 Å². The van der Waals surface area contributed by atoms with Crippen LogP contribution in [-0.2, 0) is 4.79 Å². The van der Waals surface area contributed by atoms with Gasteiger partial charge in [-0.3, -0.25) is 10.2 Å². The van der Waals surface area contributed by atoms with Crippen LogP contribution in [0.25, 0.3) is 0 Å². The van der Waals surface area contributed by atoms with Gasteiger partial charge in [-0.25, -0.2) is 0 Å². The predicted octanol–water partition coefficient (Wildman–Crippen LogP) is -1.02. The highest BCUT2D eigenvalue weighted by Gasteiger charge is 1.99. The highest BCUT2D eigenvalue weighted by atomic mass is 16.1. The number of carbonyl (C=O) groups excluding carboxylic acids is 1. The summed E-state index contributed by atoms with van der Waals surface area (Å²) in [6, 6.07) is 0. The minimum Gasteiger partial charge on any atom is -0.309 e. The molecule has 1 aliphatic rings. The zero-order valence-electron chi connectivity index (χ0n) is 4.29. The molecule has 1 heterocycles. The molecule has 1 amide bonds. The molecule has 0 saturated heterocycles. The second-order valence-electron chi connectivity index (χ2n) is 1.39. The zero-order chi connectivity index (χ0) is 5.82. The van der Waals surface area contributed by atoms with Crippen LogP contribution in [0.1, 0.15) is 0 Å². The van der Waals surface area contributed by atoms with E-state index in [1.165, 1.54) is 0 Å². The maximum absolute atomic E-state index is 9.74. The standard InChI is InChI=1S/C4H7N3O/c8-4-6-7-3-1-2-5-7/h1-2,4-5H,3H2,(H,6,8). The van der Waals surface area contributed by atoms with Crippen LogP contribution in [0, 0.1) is 0 Å². The maximum atomic E-state index is 9.74. The van der Waals surface area contributed by atoms with Crippen molar-refractivity contribution >= 4 is 6.41 Å². The summed E-state index contributed by atoms with van der Waals surface area (Å²) in [6.45, 7) is 0.721. The predicted molar refractivity (Wildman–Crippen MR) is 28.2 cm³/mol.